The lowest BCUT2D eigenvalue weighted by atomic mass is 10.2. The number of hydrogen-bond acceptors (Lipinski definition) is 4. The predicted octanol–water partition coefficient (Wildman–Crippen LogP) is 3.04. The summed E-state index contributed by atoms with van der Waals surface area (Å²) in [6.07, 6.45) is 1.96. The molecule has 0 radical (unpaired) electrons. The number of hydrogen-bond donors (Lipinski definition) is 1. The van der Waals surface area contributed by atoms with E-state index in [0.717, 1.165) is 10.9 Å². The number of aromatic nitrogens is 2. The Balaban J connectivity index is 2.24. The van der Waals surface area contributed by atoms with Gasteiger partial charge in [0.25, 0.3) is 0 Å². The van der Waals surface area contributed by atoms with Crippen molar-refractivity contribution >= 4 is 29.1 Å². The highest BCUT2D eigenvalue weighted by atomic mass is 32.2. The summed E-state index contributed by atoms with van der Waals surface area (Å²) < 4.78 is 2.03. The second-order valence-corrected chi connectivity index (χ2v) is 5.71. The summed E-state index contributed by atoms with van der Waals surface area (Å²) >= 11 is 2.92. The maximum Gasteiger partial charge on any atom is 0.313 e. The zero-order valence-corrected chi connectivity index (χ0v) is 11.8. The zero-order chi connectivity index (χ0) is 13.1. The molecule has 0 bridgehead atoms. The summed E-state index contributed by atoms with van der Waals surface area (Å²) in [4.78, 5) is 15.0. The molecule has 2 aromatic heterocycles. The lowest BCUT2D eigenvalue weighted by Crippen LogP contribution is -2.07. The Morgan fingerprint density at radius 3 is 3.06 bits per heavy atom. The SMILES string of the molecule is Cc1cn(C(C)c2ccsc2)c(SCC(=O)O)n1. The van der Waals surface area contributed by atoms with Crippen molar-refractivity contribution < 1.29 is 9.90 Å². The van der Waals surface area contributed by atoms with Crippen LogP contribution in [0.25, 0.3) is 0 Å². The highest BCUT2D eigenvalue weighted by molar-refractivity contribution is 7.99. The van der Waals surface area contributed by atoms with Crippen LogP contribution in [0, 0.1) is 6.92 Å². The molecule has 0 saturated carbocycles. The Labute approximate surface area is 114 Å². The molecule has 6 heteroatoms. The van der Waals surface area contributed by atoms with Crippen LogP contribution in [0.1, 0.15) is 24.2 Å². The number of carboxylic acids is 1. The molecule has 1 atom stereocenters. The van der Waals surface area contributed by atoms with Gasteiger partial charge in [-0.25, -0.2) is 4.98 Å². The monoisotopic (exact) mass is 282 g/mol. The van der Waals surface area contributed by atoms with E-state index in [1.807, 2.05) is 23.1 Å². The molecule has 4 nitrogen and oxygen atoms in total. The molecule has 1 N–H and O–H groups in total. The highest BCUT2D eigenvalue weighted by Crippen LogP contribution is 2.27. The van der Waals surface area contributed by atoms with E-state index in [1.54, 1.807) is 11.3 Å². The fourth-order valence-electron chi connectivity index (χ4n) is 1.68. The quantitative estimate of drug-likeness (QED) is 0.856. The summed E-state index contributed by atoms with van der Waals surface area (Å²) in [7, 11) is 0. The van der Waals surface area contributed by atoms with E-state index < -0.39 is 5.97 Å². The Morgan fingerprint density at radius 1 is 1.67 bits per heavy atom. The largest absolute Gasteiger partial charge is 0.481 e. The van der Waals surface area contributed by atoms with Gasteiger partial charge in [0.1, 0.15) is 0 Å². The Bertz CT molecular complexity index is 534. The first-order valence-electron chi connectivity index (χ1n) is 5.50. The van der Waals surface area contributed by atoms with Gasteiger partial charge in [0.2, 0.25) is 0 Å². The minimum atomic E-state index is -0.824. The van der Waals surface area contributed by atoms with Crippen LogP contribution in [0.15, 0.2) is 28.2 Å². The summed E-state index contributed by atoms with van der Waals surface area (Å²) in [5.74, 6) is -0.789. The maximum absolute atomic E-state index is 10.6. The van der Waals surface area contributed by atoms with Crippen molar-refractivity contribution in [1.82, 2.24) is 9.55 Å². The fraction of sp³-hybridized carbons (Fsp3) is 0.333. The first-order valence-corrected chi connectivity index (χ1v) is 7.43. The van der Waals surface area contributed by atoms with Crippen LogP contribution in [0.5, 0.6) is 0 Å². The van der Waals surface area contributed by atoms with Crippen molar-refractivity contribution in [3.63, 3.8) is 0 Å². The number of rotatable bonds is 5. The van der Waals surface area contributed by atoms with E-state index in [2.05, 4.69) is 23.4 Å². The first-order chi connectivity index (χ1) is 8.58. The molecule has 0 aliphatic rings. The number of carbonyl (C=O) groups is 1. The van der Waals surface area contributed by atoms with Gasteiger partial charge in [0.15, 0.2) is 5.16 Å². The van der Waals surface area contributed by atoms with Crippen LogP contribution in [0.3, 0.4) is 0 Å². The minimum absolute atomic E-state index is 0.0345. The van der Waals surface area contributed by atoms with Crippen LogP contribution >= 0.6 is 23.1 Å². The number of aliphatic carboxylic acids is 1. The summed E-state index contributed by atoms with van der Waals surface area (Å²) in [6, 6.07) is 2.25. The third kappa shape index (κ3) is 2.94. The molecular formula is C12H14N2O2S2. The van der Waals surface area contributed by atoms with Crippen molar-refractivity contribution in [2.75, 3.05) is 5.75 Å². The van der Waals surface area contributed by atoms with E-state index in [-0.39, 0.29) is 11.8 Å². The molecule has 0 aliphatic carbocycles. The van der Waals surface area contributed by atoms with E-state index in [1.165, 1.54) is 17.3 Å². The number of imidazole rings is 1. The maximum atomic E-state index is 10.6. The van der Waals surface area contributed by atoms with E-state index >= 15 is 0 Å². The van der Waals surface area contributed by atoms with Crippen molar-refractivity contribution in [3.05, 3.63) is 34.3 Å². The topological polar surface area (TPSA) is 55.1 Å². The van der Waals surface area contributed by atoms with Gasteiger partial charge in [-0.15, -0.1) is 0 Å². The Morgan fingerprint density at radius 2 is 2.44 bits per heavy atom. The molecule has 2 heterocycles. The third-order valence-corrected chi connectivity index (χ3v) is 4.24. The van der Waals surface area contributed by atoms with Crippen molar-refractivity contribution in [3.8, 4) is 0 Å². The molecule has 0 saturated heterocycles. The van der Waals surface area contributed by atoms with Gasteiger partial charge in [-0.2, -0.15) is 11.3 Å². The van der Waals surface area contributed by atoms with Gasteiger partial charge in [0.05, 0.1) is 17.5 Å². The van der Waals surface area contributed by atoms with Gasteiger partial charge in [0, 0.05) is 6.20 Å². The Kier molecular flexibility index (Phi) is 4.08. The minimum Gasteiger partial charge on any atom is -0.481 e. The van der Waals surface area contributed by atoms with Crippen LogP contribution in [-0.4, -0.2) is 26.4 Å². The molecule has 0 aliphatic heterocycles. The summed E-state index contributed by atoms with van der Waals surface area (Å²) in [6.45, 7) is 4.01. The van der Waals surface area contributed by atoms with Crippen LogP contribution in [0.2, 0.25) is 0 Å². The van der Waals surface area contributed by atoms with Crippen LogP contribution in [-0.2, 0) is 4.79 Å². The smallest absolute Gasteiger partial charge is 0.313 e. The number of thioether (sulfide) groups is 1. The number of aryl methyl sites for hydroxylation is 1. The molecule has 2 aromatic rings. The van der Waals surface area contributed by atoms with Crippen LogP contribution in [0.4, 0.5) is 0 Å². The third-order valence-electron chi connectivity index (χ3n) is 2.59. The van der Waals surface area contributed by atoms with E-state index in [4.69, 9.17) is 5.11 Å². The lowest BCUT2D eigenvalue weighted by Gasteiger charge is -2.14. The molecule has 0 fully saturated rings. The molecule has 0 spiro atoms. The molecule has 0 aromatic carbocycles. The second kappa shape index (κ2) is 5.58. The zero-order valence-electron chi connectivity index (χ0n) is 10.2. The van der Waals surface area contributed by atoms with Gasteiger partial charge in [-0.05, 0) is 36.2 Å². The van der Waals surface area contributed by atoms with Crippen molar-refractivity contribution in [2.45, 2.75) is 25.0 Å². The average Bonchev–Trinajstić information content (AvgIpc) is 2.94. The van der Waals surface area contributed by atoms with E-state index in [0.29, 0.717) is 0 Å². The molecule has 2 rings (SSSR count). The first kappa shape index (κ1) is 13.2. The highest BCUT2D eigenvalue weighted by Gasteiger charge is 2.15. The Hall–Kier alpha value is -1.27. The molecule has 1 unspecified atom stereocenters. The van der Waals surface area contributed by atoms with Gasteiger partial charge >= 0.3 is 5.97 Å². The molecule has 18 heavy (non-hydrogen) atoms. The second-order valence-electron chi connectivity index (χ2n) is 3.99. The van der Waals surface area contributed by atoms with E-state index in [9.17, 15) is 4.79 Å². The number of thiophene rings is 1. The standard InChI is InChI=1S/C12H14N2O2S2/c1-8-5-14(9(2)10-3-4-17-6-10)12(13-8)18-7-11(15)16/h3-6,9H,7H2,1-2H3,(H,15,16). The predicted molar refractivity (Wildman–Crippen MR) is 73.5 cm³/mol. The van der Waals surface area contributed by atoms with Gasteiger partial charge in [-0.3, -0.25) is 4.79 Å². The number of carboxylic acid groups (broad SMARTS) is 1. The molecule has 96 valence electrons. The molecule has 0 amide bonds. The summed E-state index contributed by atoms with van der Waals surface area (Å²) in [5.41, 5.74) is 2.12. The average molecular weight is 282 g/mol. The van der Waals surface area contributed by atoms with Crippen LogP contribution < -0.4 is 0 Å². The normalized spacial score (nSPS) is 12.6. The summed E-state index contributed by atoms with van der Waals surface area (Å²) in [5, 5.41) is 13.6. The lowest BCUT2D eigenvalue weighted by molar-refractivity contribution is -0.133. The molecular weight excluding hydrogens is 268 g/mol. The van der Waals surface area contributed by atoms with Gasteiger partial charge in [-0.1, -0.05) is 11.8 Å². The van der Waals surface area contributed by atoms with Crippen molar-refractivity contribution in [2.24, 2.45) is 0 Å². The number of nitrogens with zero attached hydrogens (tertiary/aromatic N) is 2. The van der Waals surface area contributed by atoms with Crippen molar-refractivity contribution in [1.29, 1.82) is 0 Å². The van der Waals surface area contributed by atoms with Gasteiger partial charge < -0.3 is 9.67 Å². The fourth-order valence-corrected chi connectivity index (χ4v) is 3.25.